The van der Waals surface area contributed by atoms with Crippen molar-refractivity contribution in [3.63, 3.8) is 0 Å². The summed E-state index contributed by atoms with van der Waals surface area (Å²) in [6.45, 7) is 3.15. The lowest BCUT2D eigenvalue weighted by molar-refractivity contribution is 0.279. The normalized spacial score (nSPS) is 18.6. The Labute approximate surface area is 110 Å². The van der Waals surface area contributed by atoms with Gasteiger partial charge in [-0.25, -0.2) is 4.98 Å². The molecule has 2 rings (SSSR count). The number of nitrogens with one attached hydrogen (secondary N) is 1. The SMILES string of the molecule is COc1ncccc1CN[C@H](C)C1CCCCC1. The van der Waals surface area contributed by atoms with Crippen molar-refractivity contribution in [1.29, 1.82) is 0 Å². The van der Waals surface area contributed by atoms with Gasteiger partial charge in [0.2, 0.25) is 5.88 Å². The first kappa shape index (κ1) is 13.3. The molecular formula is C15H24N2O. The molecule has 3 heteroatoms. The Morgan fingerprint density at radius 2 is 2.17 bits per heavy atom. The van der Waals surface area contributed by atoms with E-state index < -0.39 is 0 Å². The van der Waals surface area contributed by atoms with Gasteiger partial charge in [-0.1, -0.05) is 25.3 Å². The summed E-state index contributed by atoms with van der Waals surface area (Å²) in [7, 11) is 1.68. The minimum absolute atomic E-state index is 0.579. The van der Waals surface area contributed by atoms with E-state index in [2.05, 4.69) is 23.3 Å². The van der Waals surface area contributed by atoms with E-state index in [9.17, 15) is 0 Å². The van der Waals surface area contributed by atoms with Crippen molar-refractivity contribution in [3.8, 4) is 5.88 Å². The lowest BCUT2D eigenvalue weighted by Gasteiger charge is -2.28. The Kier molecular flexibility index (Phi) is 5.00. The van der Waals surface area contributed by atoms with Crippen LogP contribution in [0.1, 0.15) is 44.6 Å². The lowest BCUT2D eigenvalue weighted by Crippen LogP contribution is -2.34. The monoisotopic (exact) mass is 248 g/mol. The van der Waals surface area contributed by atoms with E-state index in [1.54, 1.807) is 13.3 Å². The fourth-order valence-electron chi connectivity index (χ4n) is 2.81. The first-order chi connectivity index (χ1) is 8.81. The summed E-state index contributed by atoms with van der Waals surface area (Å²) in [5.74, 6) is 1.57. The molecule has 0 radical (unpaired) electrons. The van der Waals surface area contributed by atoms with E-state index in [1.807, 2.05) is 6.07 Å². The minimum Gasteiger partial charge on any atom is -0.481 e. The van der Waals surface area contributed by atoms with Crippen LogP contribution in [-0.2, 0) is 6.54 Å². The Hall–Kier alpha value is -1.09. The third-order valence-corrected chi connectivity index (χ3v) is 4.01. The molecule has 1 atom stereocenters. The second-order valence-electron chi connectivity index (χ2n) is 5.24. The van der Waals surface area contributed by atoms with Crippen LogP contribution < -0.4 is 10.1 Å². The van der Waals surface area contributed by atoms with Crippen molar-refractivity contribution in [1.82, 2.24) is 10.3 Å². The highest BCUT2D eigenvalue weighted by molar-refractivity contribution is 5.25. The van der Waals surface area contributed by atoms with Crippen molar-refractivity contribution in [3.05, 3.63) is 23.9 Å². The number of pyridine rings is 1. The zero-order valence-corrected chi connectivity index (χ0v) is 11.5. The summed E-state index contributed by atoms with van der Waals surface area (Å²) < 4.78 is 5.27. The molecule has 1 heterocycles. The highest BCUT2D eigenvalue weighted by Gasteiger charge is 2.19. The van der Waals surface area contributed by atoms with Crippen LogP contribution in [0.2, 0.25) is 0 Å². The van der Waals surface area contributed by atoms with Crippen LogP contribution in [0.3, 0.4) is 0 Å². The van der Waals surface area contributed by atoms with Gasteiger partial charge in [-0.3, -0.25) is 0 Å². The van der Waals surface area contributed by atoms with E-state index in [0.717, 1.165) is 23.9 Å². The topological polar surface area (TPSA) is 34.1 Å². The number of nitrogens with zero attached hydrogens (tertiary/aromatic N) is 1. The molecular weight excluding hydrogens is 224 g/mol. The molecule has 100 valence electrons. The summed E-state index contributed by atoms with van der Waals surface area (Å²) in [5.41, 5.74) is 1.14. The molecule has 0 unspecified atom stereocenters. The molecule has 1 aromatic rings. The molecule has 0 amide bonds. The van der Waals surface area contributed by atoms with Crippen LogP contribution in [0.4, 0.5) is 0 Å². The smallest absolute Gasteiger partial charge is 0.217 e. The standard InChI is InChI=1S/C15H24N2O/c1-12(13-7-4-3-5-8-13)17-11-14-9-6-10-16-15(14)18-2/h6,9-10,12-13,17H,3-5,7-8,11H2,1-2H3/t12-/m1/s1. The molecule has 3 nitrogen and oxygen atoms in total. The molecule has 18 heavy (non-hydrogen) atoms. The number of hydrogen-bond donors (Lipinski definition) is 1. The van der Waals surface area contributed by atoms with Gasteiger partial charge >= 0.3 is 0 Å². The van der Waals surface area contributed by atoms with Gasteiger partial charge in [-0.2, -0.15) is 0 Å². The van der Waals surface area contributed by atoms with Gasteiger partial charge in [0.15, 0.2) is 0 Å². The maximum Gasteiger partial charge on any atom is 0.217 e. The molecule has 1 N–H and O–H groups in total. The Bertz CT molecular complexity index is 361. The molecule has 1 aromatic heterocycles. The summed E-state index contributed by atoms with van der Waals surface area (Å²) in [6.07, 6.45) is 8.73. The van der Waals surface area contributed by atoms with Crippen LogP contribution >= 0.6 is 0 Å². The number of rotatable bonds is 5. The van der Waals surface area contributed by atoms with Gasteiger partial charge in [0.05, 0.1) is 7.11 Å². The van der Waals surface area contributed by atoms with Crippen molar-refractivity contribution in [2.45, 2.75) is 51.6 Å². The van der Waals surface area contributed by atoms with E-state index in [4.69, 9.17) is 4.74 Å². The Morgan fingerprint density at radius 3 is 2.89 bits per heavy atom. The summed E-state index contributed by atoms with van der Waals surface area (Å²) >= 11 is 0. The van der Waals surface area contributed by atoms with Crippen LogP contribution in [0, 0.1) is 5.92 Å². The maximum atomic E-state index is 5.27. The molecule has 0 aliphatic heterocycles. The quantitative estimate of drug-likeness (QED) is 0.869. The zero-order valence-electron chi connectivity index (χ0n) is 11.5. The van der Waals surface area contributed by atoms with Crippen LogP contribution in [0.5, 0.6) is 5.88 Å². The first-order valence-corrected chi connectivity index (χ1v) is 7.02. The Morgan fingerprint density at radius 1 is 1.39 bits per heavy atom. The van der Waals surface area contributed by atoms with Crippen molar-refractivity contribution >= 4 is 0 Å². The lowest BCUT2D eigenvalue weighted by atomic mass is 9.84. The zero-order chi connectivity index (χ0) is 12.8. The van der Waals surface area contributed by atoms with Crippen molar-refractivity contribution in [2.24, 2.45) is 5.92 Å². The molecule has 1 aliphatic rings. The highest BCUT2D eigenvalue weighted by Crippen LogP contribution is 2.26. The minimum atomic E-state index is 0.579. The molecule has 1 fully saturated rings. The highest BCUT2D eigenvalue weighted by atomic mass is 16.5. The summed E-state index contributed by atoms with van der Waals surface area (Å²) in [4.78, 5) is 4.23. The second-order valence-corrected chi connectivity index (χ2v) is 5.24. The Balaban J connectivity index is 1.86. The molecule has 1 saturated carbocycles. The molecule has 0 spiro atoms. The number of hydrogen-bond acceptors (Lipinski definition) is 3. The first-order valence-electron chi connectivity index (χ1n) is 7.02. The average Bonchev–Trinajstić information content (AvgIpc) is 2.46. The van der Waals surface area contributed by atoms with Crippen molar-refractivity contribution in [2.75, 3.05) is 7.11 Å². The number of ether oxygens (including phenoxy) is 1. The number of methoxy groups -OCH3 is 1. The second kappa shape index (κ2) is 6.74. The third-order valence-electron chi connectivity index (χ3n) is 4.01. The van der Waals surface area contributed by atoms with E-state index >= 15 is 0 Å². The van der Waals surface area contributed by atoms with E-state index in [-0.39, 0.29) is 0 Å². The van der Waals surface area contributed by atoms with Crippen LogP contribution in [0.25, 0.3) is 0 Å². The maximum absolute atomic E-state index is 5.27. The fourth-order valence-corrected chi connectivity index (χ4v) is 2.81. The summed E-state index contributed by atoms with van der Waals surface area (Å²) in [5, 5.41) is 3.62. The molecule has 0 saturated heterocycles. The third kappa shape index (κ3) is 3.45. The van der Waals surface area contributed by atoms with E-state index in [1.165, 1.54) is 32.1 Å². The molecule has 1 aliphatic carbocycles. The fraction of sp³-hybridized carbons (Fsp3) is 0.667. The van der Waals surface area contributed by atoms with Crippen molar-refractivity contribution < 1.29 is 4.74 Å². The van der Waals surface area contributed by atoms with Gasteiger partial charge in [0.1, 0.15) is 0 Å². The largest absolute Gasteiger partial charge is 0.481 e. The molecule has 0 aromatic carbocycles. The van der Waals surface area contributed by atoms with Gasteiger partial charge < -0.3 is 10.1 Å². The number of aromatic nitrogens is 1. The van der Waals surface area contributed by atoms with Gasteiger partial charge in [0.25, 0.3) is 0 Å². The van der Waals surface area contributed by atoms with E-state index in [0.29, 0.717) is 6.04 Å². The van der Waals surface area contributed by atoms with Crippen LogP contribution in [-0.4, -0.2) is 18.1 Å². The van der Waals surface area contributed by atoms with Gasteiger partial charge in [0, 0.05) is 24.3 Å². The van der Waals surface area contributed by atoms with Gasteiger partial charge in [-0.15, -0.1) is 0 Å². The average molecular weight is 248 g/mol. The predicted octanol–water partition coefficient (Wildman–Crippen LogP) is 3.15. The predicted molar refractivity (Wildman–Crippen MR) is 73.7 cm³/mol. The van der Waals surface area contributed by atoms with Gasteiger partial charge in [-0.05, 0) is 31.7 Å². The van der Waals surface area contributed by atoms with Crippen LogP contribution in [0.15, 0.2) is 18.3 Å². The molecule has 0 bridgehead atoms. The summed E-state index contributed by atoms with van der Waals surface area (Å²) in [6, 6.07) is 4.62.